The molecule has 0 spiro atoms. The van der Waals surface area contributed by atoms with Crippen molar-refractivity contribution in [2.75, 3.05) is 5.32 Å². The van der Waals surface area contributed by atoms with E-state index in [1.54, 1.807) is 30.3 Å². The molecule has 0 aliphatic heterocycles. The van der Waals surface area contributed by atoms with Crippen LogP contribution >= 0.6 is 0 Å². The third-order valence-corrected chi connectivity index (χ3v) is 6.34. The predicted molar refractivity (Wildman–Crippen MR) is 143 cm³/mol. The number of hydrogen-bond acceptors (Lipinski definition) is 4. The van der Waals surface area contributed by atoms with Crippen molar-refractivity contribution in [3.63, 3.8) is 0 Å². The first-order valence-corrected chi connectivity index (χ1v) is 11.8. The number of anilines is 1. The SMILES string of the molecule is CC(Nc1c(C#N)c(-c2ccc(-c3ccc(-c4ccccc4)c(F)c3)cc2)nc2ccc(F)cc12)C(=O)O. The fourth-order valence-corrected chi connectivity index (χ4v) is 4.35. The van der Waals surface area contributed by atoms with Gasteiger partial charge < -0.3 is 10.4 Å². The van der Waals surface area contributed by atoms with Crippen molar-refractivity contribution < 1.29 is 18.7 Å². The molecule has 1 aromatic heterocycles. The molecular formula is C31H21F2N3O2. The minimum absolute atomic E-state index is 0.0993. The van der Waals surface area contributed by atoms with Gasteiger partial charge in [-0.05, 0) is 47.9 Å². The van der Waals surface area contributed by atoms with Gasteiger partial charge in [-0.15, -0.1) is 0 Å². The van der Waals surface area contributed by atoms with Gasteiger partial charge in [-0.2, -0.15) is 5.26 Å². The molecule has 2 N–H and O–H groups in total. The molecule has 0 radical (unpaired) electrons. The third-order valence-electron chi connectivity index (χ3n) is 6.34. The molecule has 0 fully saturated rings. The smallest absolute Gasteiger partial charge is 0.325 e. The summed E-state index contributed by atoms with van der Waals surface area (Å²) in [6, 6.07) is 26.5. The number of carboxylic acid groups (broad SMARTS) is 1. The van der Waals surface area contributed by atoms with Crippen LogP contribution < -0.4 is 5.32 Å². The van der Waals surface area contributed by atoms with E-state index in [-0.39, 0.29) is 17.1 Å². The van der Waals surface area contributed by atoms with Crippen LogP contribution in [0.3, 0.4) is 0 Å². The summed E-state index contributed by atoms with van der Waals surface area (Å²) in [6.07, 6.45) is 0. The molecule has 38 heavy (non-hydrogen) atoms. The highest BCUT2D eigenvalue weighted by molar-refractivity contribution is 5.99. The molecule has 5 nitrogen and oxygen atoms in total. The Bertz CT molecular complexity index is 1710. The zero-order chi connectivity index (χ0) is 26.8. The Hall–Kier alpha value is -5.09. The number of fused-ring (bicyclic) bond motifs is 1. The Morgan fingerprint density at radius 1 is 0.895 bits per heavy atom. The van der Waals surface area contributed by atoms with Gasteiger partial charge in [-0.3, -0.25) is 4.79 Å². The Balaban J connectivity index is 1.56. The highest BCUT2D eigenvalue weighted by atomic mass is 19.1. The van der Waals surface area contributed by atoms with E-state index in [0.29, 0.717) is 33.3 Å². The Morgan fingerprint density at radius 2 is 1.58 bits per heavy atom. The summed E-state index contributed by atoms with van der Waals surface area (Å²) in [5.41, 5.74) is 4.39. The Labute approximate surface area is 217 Å². The fourth-order valence-electron chi connectivity index (χ4n) is 4.35. The van der Waals surface area contributed by atoms with Gasteiger partial charge in [0.25, 0.3) is 0 Å². The Kier molecular flexibility index (Phi) is 6.55. The summed E-state index contributed by atoms with van der Waals surface area (Å²) in [6.45, 7) is 1.44. The van der Waals surface area contributed by atoms with Crippen LogP contribution in [0.2, 0.25) is 0 Å². The van der Waals surface area contributed by atoms with E-state index in [2.05, 4.69) is 16.4 Å². The number of hydrogen-bond donors (Lipinski definition) is 2. The second-order valence-corrected chi connectivity index (χ2v) is 8.83. The molecule has 5 rings (SSSR count). The first-order valence-electron chi connectivity index (χ1n) is 11.8. The van der Waals surface area contributed by atoms with Crippen molar-refractivity contribution in [1.29, 1.82) is 5.26 Å². The lowest BCUT2D eigenvalue weighted by Gasteiger charge is -2.17. The summed E-state index contributed by atoms with van der Waals surface area (Å²) < 4.78 is 29.0. The molecule has 0 aliphatic carbocycles. The molecule has 4 aromatic carbocycles. The number of nitriles is 1. The van der Waals surface area contributed by atoms with E-state index < -0.39 is 17.8 Å². The summed E-state index contributed by atoms with van der Waals surface area (Å²) in [5, 5.41) is 22.6. The lowest BCUT2D eigenvalue weighted by atomic mass is 9.97. The quantitative estimate of drug-likeness (QED) is 0.253. The van der Waals surface area contributed by atoms with Gasteiger partial charge in [0.15, 0.2) is 0 Å². The number of carbonyl (C=O) groups is 1. The van der Waals surface area contributed by atoms with Crippen LogP contribution in [0.25, 0.3) is 44.4 Å². The molecule has 5 aromatic rings. The van der Waals surface area contributed by atoms with Crippen molar-refractivity contribution in [2.45, 2.75) is 13.0 Å². The van der Waals surface area contributed by atoms with Gasteiger partial charge >= 0.3 is 5.97 Å². The van der Waals surface area contributed by atoms with Gasteiger partial charge in [0.1, 0.15) is 29.3 Å². The van der Waals surface area contributed by atoms with Crippen LogP contribution in [0.1, 0.15) is 12.5 Å². The van der Waals surface area contributed by atoms with Gasteiger partial charge in [-0.25, -0.2) is 13.8 Å². The molecule has 186 valence electrons. The zero-order valence-electron chi connectivity index (χ0n) is 20.2. The van der Waals surface area contributed by atoms with E-state index in [1.807, 2.05) is 36.4 Å². The van der Waals surface area contributed by atoms with Crippen LogP contribution in [0.15, 0.2) is 91.0 Å². The van der Waals surface area contributed by atoms with E-state index in [4.69, 9.17) is 0 Å². The number of aromatic nitrogens is 1. The molecule has 7 heteroatoms. The van der Waals surface area contributed by atoms with Gasteiger partial charge in [0.05, 0.1) is 16.9 Å². The molecule has 0 aliphatic rings. The highest BCUT2D eigenvalue weighted by Gasteiger charge is 2.21. The number of benzene rings is 4. The van der Waals surface area contributed by atoms with Crippen molar-refractivity contribution in [3.05, 3.63) is 108 Å². The number of nitrogens with zero attached hydrogens (tertiary/aromatic N) is 2. The maximum absolute atomic E-state index is 14.9. The second-order valence-electron chi connectivity index (χ2n) is 8.83. The monoisotopic (exact) mass is 505 g/mol. The van der Waals surface area contributed by atoms with Crippen LogP contribution in [-0.2, 0) is 4.79 Å². The fraction of sp³-hybridized carbons (Fsp3) is 0.0645. The van der Waals surface area contributed by atoms with Crippen LogP contribution in [-0.4, -0.2) is 22.1 Å². The zero-order valence-corrected chi connectivity index (χ0v) is 20.2. The first kappa shape index (κ1) is 24.6. The minimum atomic E-state index is -1.12. The number of rotatable bonds is 6. The molecular weight excluding hydrogens is 484 g/mol. The summed E-state index contributed by atoms with van der Waals surface area (Å²) in [5.74, 6) is -1.99. The average Bonchev–Trinajstić information content (AvgIpc) is 2.93. The van der Waals surface area contributed by atoms with Crippen LogP contribution in [0.5, 0.6) is 0 Å². The minimum Gasteiger partial charge on any atom is -0.480 e. The molecule has 0 amide bonds. The average molecular weight is 506 g/mol. The van der Waals surface area contributed by atoms with Crippen molar-refractivity contribution in [1.82, 2.24) is 4.98 Å². The maximum Gasteiger partial charge on any atom is 0.325 e. The van der Waals surface area contributed by atoms with Crippen molar-refractivity contribution in [3.8, 4) is 39.6 Å². The lowest BCUT2D eigenvalue weighted by Crippen LogP contribution is -2.26. The summed E-state index contributed by atoms with van der Waals surface area (Å²) in [4.78, 5) is 16.1. The van der Waals surface area contributed by atoms with E-state index >= 15 is 0 Å². The molecule has 1 atom stereocenters. The summed E-state index contributed by atoms with van der Waals surface area (Å²) in [7, 11) is 0. The lowest BCUT2D eigenvalue weighted by molar-refractivity contribution is -0.137. The maximum atomic E-state index is 14.9. The largest absolute Gasteiger partial charge is 0.480 e. The van der Waals surface area contributed by atoms with E-state index in [0.717, 1.165) is 11.1 Å². The topological polar surface area (TPSA) is 86.0 Å². The molecule has 1 heterocycles. The molecule has 0 saturated heterocycles. The Morgan fingerprint density at radius 3 is 2.24 bits per heavy atom. The second kappa shape index (κ2) is 10.1. The molecule has 1 unspecified atom stereocenters. The van der Waals surface area contributed by atoms with Gasteiger partial charge in [-0.1, -0.05) is 66.7 Å². The van der Waals surface area contributed by atoms with Gasteiger partial charge in [0, 0.05) is 16.5 Å². The number of nitrogens with one attached hydrogen (secondary N) is 1. The number of halogens is 2. The van der Waals surface area contributed by atoms with Crippen molar-refractivity contribution in [2.24, 2.45) is 0 Å². The van der Waals surface area contributed by atoms with E-state index in [1.165, 1.54) is 31.2 Å². The number of aliphatic carboxylic acids is 1. The third kappa shape index (κ3) is 4.67. The van der Waals surface area contributed by atoms with Gasteiger partial charge in [0.2, 0.25) is 0 Å². The highest BCUT2D eigenvalue weighted by Crippen LogP contribution is 2.36. The predicted octanol–water partition coefficient (Wildman–Crippen LogP) is 7.27. The number of carboxylic acids is 1. The first-order chi connectivity index (χ1) is 18.4. The van der Waals surface area contributed by atoms with Crippen LogP contribution in [0, 0.1) is 23.0 Å². The number of pyridine rings is 1. The normalized spacial score (nSPS) is 11.6. The summed E-state index contributed by atoms with van der Waals surface area (Å²) >= 11 is 0. The molecule has 0 bridgehead atoms. The van der Waals surface area contributed by atoms with E-state index in [9.17, 15) is 23.9 Å². The van der Waals surface area contributed by atoms with Crippen LogP contribution in [0.4, 0.5) is 14.5 Å². The standard InChI is InChI=1S/C31H21F2N3O2/c1-18(31(37)38)35-30-25-16-23(32)12-14-28(25)36-29(26(30)17-34)21-9-7-19(8-10-21)22-11-13-24(27(33)15-22)20-5-3-2-4-6-20/h2-16,18H,1H3,(H,35,36)(H,37,38). The van der Waals surface area contributed by atoms with Crippen molar-refractivity contribution >= 4 is 22.6 Å². The molecule has 0 saturated carbocycles.